The predicted molar refractivity (Wildman–Crippen MR) is 77.8 cm³/mol. The number of piperidine rings is 1. The van der Waals surface area contributed by atoms with Crippen LogP contribution >= 0.6 is 15.9 Å². The van der Waals surface area contributed by atoms with E-state index in [1.807, 2.05) is 6.20 Å². The van der Waals surface area contributed by atoms with Crippen molar-refractivity contribution in [2.45, 2.75) is 26.2 Å². The molecule has 2 rings (SSSR count). The third kappa shape index (κ3) is 3.65. The van der Waals surface area contributed by atoms with Crippen LogP contribution in [0.3, 0.4) is 0 Å². The van der Waals surface area contributed by atoms with Gasteiger partial charge in [0, 0.05) is 19.3 Å². The summed E-state index contributed by atoms with van der Waals surface area (Å²) in [5, 5.41) is 3.48. The fraction of sp³-hybridized carbons (Fsp3) is 0.692. The molecule has 1 aromatic rings. The molecule has 1 aliphatic heterocycles. The van der Waals surface area contributed by atoms with Gasteiger partial charge in [0.25, 0.3) is 0 Å². The lowest BCUT2D eigenvalue weighted by Crippen LogP contribution is -2.39. The van der Waals surface area contributed by atoms with E-state index in [2.05, 4.69) is 43.0 Å². The Morgan fingerprint density at radius 1 is 1.56 bits per heavy atom. The number of hydrogen-bond acceptors (Lipinski definition) is 4. The van der Waals surface area contributed by atoms with Crippen LogP contribution in [0.15, 0.2) is 17.0 Å². The highest BCUT2D eigenvalue weighted by molar-refractivity contribution is 9.10. The number of halogens is 1. The van der Waals surface area contributed by atoms with Gasteiger partial charge >= 0.3 is 0 Å². The summed E-state index contributed by atoms with van der Waals surface area (Å²) >= 11 is 3.55. The van der Waals surface area contributed by atoms with Crippen LogP contribution in [0.1, 0.15) is 26.2 Å². The van der Waals surface area contributed by atoms with Crippen molar-refractivity contribution in [2.75, 3.05) is 31.1 Å². The summed E-state index contributed by atoms with van der Waals surface area (Å²) < 4.78 is 0.988. The van der Waals surface area contributed by atoms with Crippen LogP contribution in [0.5, 0.6) is 0 Å². The van der Waals surface area contributed by atoms with Crippen molar-refractivity contribution in [3.05, 3.63) is 17.0 Å². The molecular weight excluding hydrogens is 292 g/mol. The van der Waals surface area contributed by atoms with Crippen molar-refractivity contribution < 1.29 is 0 Å². The zero-order valence-electron chi connectivity index (χ0n) is 10.9. The maximum atomic E-state index is 4.41. The summed E-state index contributed by atoms with van der Waals surface area (Å²) in [6.45, 7) is 6.63. The molecular formula is C13H21BrN4. The van der Waals surface area contributed by atoms with Gasteiger partial charge in [-0.15, -0.1) is 0 Å². The van der Waals surface area contributed by atoms with Gasteiger partial charge in [-0.05, 0) is 54.2 Å². The predicted octanol–water partition coefficient (Wildman–Crippen LogP) is 2.46. The molecule has 0 aliphatic carbocycles. The number of anilines is 1. The minimum atomic E-state index is 0.729. The molecule has 0 radical (unpaired) electrons. The largest absolute Gasteiger partial charge is 0.355 e. The number of nitrogens with one attached hydrogen (secondary N) is 1. The van der Waals surface area contributed by atoms with Crippen molar-refractivity contribution in [1.82, 2.24) is 15.3 Å². The molecule has 1 saturated heterocycles. The molecule has 1 atom stereocenters. The Morgan fingerprint density at radius 3 is 3.11 bits per heavy atom. The maximum absolute atomic E-state index is 4.41. The van der Waals surface area contributed by atoms with Crippen molar-refractivity contribution in [3.8, 4) is 0 Å². The molecule has 0 saturated carbocycles. The Bertz CT molecular complexity index is 366. The van der Waals surface area contributed by atoms with Crippen LogP contribution in [0.25, 0.3) is 0 Å². The fourth-order valence-corrected chi connectivity index (χ4v) is 2.96. The Morgan fingerprint density at radius 2 is 2.44 bits per heavy atom. The third-order valence-corrected chi connectivity index (χ3v) is 3.88. The smallest absolute Gasteiger partial charge is 0.146 e. The molecule has 1 aromatic heterocycles. The zero-order chi connectivity index (χ0) is 12.8. The summed E-state index contributed by atoms with van der Waals surface area (Å²) in [5.74, 6) is 1.75. The average Bonchev–Trinajstić information content (AvgIpc) is 2.40. The summed E-state index contributed by atoms with van der Waals surface area (Å²) in [5.41, 5.74) is 0. The Balaban J connectivity index is 2.05. The lowest BCUT2D eigenvalue weighted by Gasteiger charge is -2.31. The maximum Gasteiger partial charge on any atom is 0.146 e. The van der Waals surface area contributed by atoms with Gasteiger partial charge < -0.3 is 10.2 Å². The van der Waals surface area contributed by atoms with Crippen LogP contribution < -0.4 is 10.2 Å². The van der Waals surface area contributed by atoms with Gasteiger partial charge in [-0.1, -0.05) is 6.92 Å². The monoisotopic (exact) mass is 312 g/mol. The van der Waals surface area contributed by atoms with Crippen molar-refractivity contribution in [1.29, 1.82) is 0 Å². The van der Waals surface area contributed by atoms with Gasteiger partial charge in [0.2, 0.25) is 0 Å². The molecule has 5 heteroatoms. The van der Waals surface area contributed by atoms with E-state index >= 15 is 0 Å². The molecule has 0 amide bonds. The van der Waals surface area contributed by atoms with E-state index in [1.165, 1.54) is 19.4 Å². The number of hydrogen-bond donors (Lipinski definition) is 1. The first-order chi connectivity index (χ1) is 8.81. The van der Waals surface area contributed by atoms with Gasteiger partial charge in [-0.2, -0.15) is 0 Å². The van der Waals surface area contributed by atoms with Crippen molar-refractivity contribution in [3.63, 3.8) is 0 Å². The van der Waals surface area contributed by atoms with Crippen LogP contribution in [0.2, 0.25) is 0 Å². The second kappa shape index (κ2) is 7.04. The minimum Gasteiger partial charge on any atom is -0.355 e. The first kappa shape index (κ1) is 13.7. The SMILES string of the molecule is CCCN(CC1CCCNC1)c1ncncc1Br. The van der Waals surface area contributed by atoms with E-state index in [4.69, 9.17) is 0 Å². The topological polar surface area (TPSA) is 41.0 Å². The van der Waals surface area contributed by atoms with E-state index in [-0.39, 0.29) is 0 Å². The quantitative estimate of drug-likeness (QED) is 0.906. The highest BCUT2D eigenvalue weighted by Gasteiger charge is 2.19. The van der Waals surface area contributed by atoms with Gasteiger partial charge in [-0.3, -0.25) is 0 Å². The first-order valence-electron chi connectivity index (χ1n) is 6.72. The molecule has 4 nitrogen and oxygen atoms in total. The Kier molecular flexibility index (Phi) is 5.38. The third-order valence-electron chi connectivity index (χ3n) is 3.32. The molecule has 0 bridgehead atoms. The number of nitrogens with zero attached hydrogens (tertiary/aromatic N) is 3. The zero-order valence-corrected chi connectivity index (χ0v) is 12.5. The fourth-order valence-electron chi connectivity index (χ4n) is 2.48. The highest BCUT2D eigenvalue weighted by Crippen LogP contribution is 2.24. The molecule has 1 N–H and O–H groups in total. The lowest BCUT2D eigenvalue weighted by atomic mass is 9.99. The van der Waals surface area contributed by atoms with Crippen LogP contribution in [-0.2, 0) is 0 Å². The average molecular weight is 313 g/mol. The van der Waals surface area contributed by atoms with Crippen molar-refractivity contribution >= 4 is 21.7 Å². The molecule has 0 aromatic carbocycles. The highest BCUT2D eigenvalue weighted by atomic mass is 79.9. The van der Waals surface area contributed by atoms with Crippen LogP contribution in [0, 0.1) is 5.92 Å². The van der Waals surface area contributed by atoms with Gasteiger partial charge in [0.1, 0.15) is 12.1 Å². The van der Waals surface area contributed by atoms with E-state index in [0.29, 0.717) is 0 Å². The van der Waals surface area contributed by atoms with E-state index in [9.17, 15) is 0 Å². The van der Waals surface area contributed by atoms with Crippen LogP contribution in [-0.4, -0.2) is 36.1 Å². The number of aromatic nitrogens is 2. The van der Waals surface area contributed by atoms with E-state index in [0.717, 1.165) is 42.3 Å². The number of rotatable bonds is 5. The van der Waals surface area contributed by atoms with Crippen LogP contribution in [0.4, 0.5) is 5.82 Å². The Hall–Kier alpha value is -0.680. The summed E-state index contributed by atoms with van der Waals surface area (Å²) in [6.07, 6.45) is 7.19. The Labute approximate surface area is 117 Å². The molecule has 18 heavy (non-hydrogen) atoms. The molecule has 2 heterocycles. The van der Waals surface area contributed by atoms with E-state index < -0.39 is 0 Å². The second-order valence-corrected chi connectivity index (χ2v) is 5.71. The molecule has 1 fully saturated rings. The second-order valence-electron chi connectivity index (χ2n) is 4.85. The molecule has 1 unspecified atom stereocenters. The molecule has 100 valence electrons. The summed E-state index contributed by atoms with van der Waals surface area (Å²) in [6, 6.07) is 0. The standard InChI is InChI=1S/C13H21BrN4/c1-2-6-18(9-11-4-3-5-15-7-11)13-12(14)8-16-10-17-13/h8,10-11,15H,2-7,9H2,1H3. The summed E-state index contributed by atoms with van der Waals surface area (Å²) in [7, 11) is 0. The van der Waals surface area contributed by atoms with Gasteiger partial charge in [0.15, 0.2) is 0 Å². The van der Waals surface area contributed by atoms with Crippen molar-refractivity contribution in [2.24, 2.45) is 5.92 Å². The van der Waals surface area contributed by atoms with Gasteiger partial charge in [0.05, 0.1) is 4.47 Å². The lowest BCUT2D eigenvalue weighted by molar-refractivity contribution is 0.376. The summed E-state index contributed by atoms with van der Waals surface area (Å²) in [4.78, 5) is 10.8. The normalized spacial score (nSPS) is 19.8. The molecule has 0 spiro atoms. The van der Waals surface area contributed by atoms with Gasteiger partial charge in [-0.25, -0.2) is 9.97 Å². The minimum absolute atomic E-state index is 0.729. The first-order valence-corrected chi connectivity index (χ1v) is 7.51. The van der Waals surface area contributed by atoms with E-state index in [1.54, 1.807) is 6.33 Å². The molecule has 1 aliphatic rings.